The minimum atomic E-state index is -3.58. The third-order valence-corrected chi connectivity index (χ3v) is 4.74. The van der Waals surface area contributed by atoms with Gasteiger partial charge in [-0.15, -0.1) is 11.3 Å². The Labute approximate surface area is 93.4 Å². The molecule has 0 saturated carbocycles. The fraction of sp³-hybridized carbons (Fsp3) is 0.444. The van der Waals surface area contributed by atoms with E-state index in [1.54, 1.807) is 26.2 Å². The highest BCUT2D eigenvalue weighted by molar-refractivity contribution is 7.91. The molecule has 0 saturated heterocycles. The highest BCUT2D eigenvalue weighted by atomic mass is 32.2. The van der Waals surface area contributed by atoms with Crippen molar-refractivity contribution in [2.45, 2.75) is 30.5 Å². The SMILES string of the molecule is CC(C)(C)NS(=O)(=O)c1sccc1C=O. The molecule has 0 aromatic carbocycles. The molecule has 0 unspecified atom stereocenters. The van der Waals surface area contributed by atoms with E-state index in [-0.39, 0.29) is 9.77 Å². The largest absolute Gasteiger partial charge is 0.298 e. The second-order valence-electron chi connectivity index (χ2n) is 4.14. The molecule has 1 heterocycles. The molecular weight excluding hydrogens is 234 g/mol. The molecule has 0 aliphatic carbocycles. The number of hydrogen-bond donors (Lipinski definition) is 1. The molecule has 0 spiro atoms. The summed E-state index contributed by atoms with van der Waals surface area (Å²) >= 11 is 1.04. The number of nitrogens with one attached hydrogen (secondary N) is 1. The van der Waals surface area contributed by atoms with Crippen molar-refractivity contribution in [2.24, 2.45) is 0 Å². The van der Waals surface area contributed by atoms with Crippen LogP contribution in [0.4, 0.5) is 0 Å². The maximum absolute atomic E-state index is 11.8. The van der Waals surface area contributed by atoms with E-state index in [0.717, 1.165) is 11.3 Å². The van der Waals surface area contributed by atoms with E-state index < -0.39 is 15.6 Å². The van der Waals surface area contributed by atoms with Crippen LogP contribution in [0.1, 0.15) is 31.1 Å². The standard InChI is InChI=1S/C9H13NO3S2/c1-9(2,3)10-15(12,13)8-7(6-11)4-5-14-8/h4-6,10H,1-3H3. The van der Waals surface area contributed by atoms with Gasteiger partial charge in [0.05, 0.1) is 0 Å². The number of sulfonamides is 1. The van der Waals surface area contributed by atoms with Crippen molar-refractivity contribution in [3.8, 4) is 0 Å². The van der Waals surface area contributed by atoms with Gasteiger partial charge in [0.15, 0.2) is 6.29 Å². The molecule has 6 heteroatoms. The van der Waals surface area contributed by atoms with Crippen LogP contribution < -0.4 is 4.72 Å². The Morgan fingerprint density at radius 2 is 2.00 bits per heavy atom. The molecule has 84 valence electrons. The predicted molar refractivity (Wildman–Crippen MR) is 59.8 cm³/mol. The van der Waals surface area contributed by atoms with Crippen molar-refractivity contribution in [1.82, 2.24) is 4.72 Å². The maximum Gasteiger partial charge on any atom is 0.251 e. The molecule has 1 aromatic rings. The Bertz CT molecular complexity index is 454. The van der Waals surface area contributed by atoms with Crippen LogP contribution in [-0.4, -0.2) is 20.2 Å². The fourth-order valence-corrected chi connectivity index (χ4v) is 3.77. The van der Waals surface area contributed by atoms with Crippen LogP contribution in [-0.2, 0) is 10.0 Å². The highest BCUT2D eigenvalue weighted by Crippen LogP contribution is 2.22. The van der Waals surface area contributed by atoms with Gasteiger partial charge in [0.2, 0.25) is 0 Å². The van der Waals surface area contributed by atoms with Gasteiger partial charge in [-0.1, -0.05) is 0 Å². The number of carbonyl (C=O) groups is 1. The molecule has 0 atom stereocenters. The lowest BCUT2D eigenvalue weighted by Gasteiger charge is -2.19. The van der Waals surface area contributed by atoms with Crippen molar-refractivity contribution in [3.05, 3.63) is 17.0 Å². The van der Waals surface area contributed by atoms with Gasteiger partial charge in [-0.05, 0) is 32.2 Å². The molecule has 0 amide bonds. The van der Waals surface area contributed by atoms with Crippen LogP contribution in [0.25, 0.3) is 0 Å². The van der Waals surface area contributed by atoms with E-state index in [2.05, 4.69) is 4.72 Å². The summed E-state index contributed by atoms with van der Waals surface area (Å²) in [6.07, 6.45) is 0.549. The summed E-state index contributed by atoms with van der Waals surface area (Å²) in [6, 6.07) is 1.49. The number of aldehydes is 1. The van der Waals surface area contributed by atoms with Gasteiger partial charge in [-0.2, -0.15) is 0 Å². The van der Waals surface area contributed by atoms with Crippen LogP contribution in [0, 0.1) is 0 Å². The van der Waals surface area contributed by atoms with E-state index in [9.17, 15) is 13.2 Å². The molecule has 0 radical (unpaired) electrons. The van der Waals surface area contributed by atoms with E-state index in [1.165, 1.54) is 6.07 Å². The lowest BCUT2D eigenvalue weighted by molar-refractivity contribution is 0.112. The summed E-state index contributed by atoms with van der Waals surface area (Å²) in [5.74, 6) is 0. The van der Waals surface area contributed by atoms with Crippen molar-refractivity contribution >= 4 is 27.6 Å². The molecule has 4 nitrogen and oxygen atoms in total. The first-order chi connectivity index (χ1) is 6.76. The van der Waals surface area contributed by atoms with E-state index >= 15 is 0 Å². The van der Waals surface area contributed by atoms with E-state index in [0.29, 0.717) is 6.29 Å². The van der Waals surface area contributed by atoms with Gasteiger partial charge in [0.1, 0.15) is 4.21 Å². The van der Waals surface area contributed by atoms with Gasteiger partial charge < -0.3 is 0 Å². The minimum absolute atomic E-state index is 0.0763. The van der Waals surface area contributed by atoms with Gasteiger partial charge >= 0.3 is 0 Å². The Morgan fingerprint density at radius 3 is 2.47 bits per heavy atom. The Morgan fingerprint density at radius 1 is 1.40 bits per heavy atom. The monoisotopic (exact) mass is 247 g/mol. The van der Waals surface area contributed by atoms with Gasteiger partial charge in [-0.3, -0.25) is 4.79 Å². The predicted octanol–water partition coefficient (Wildman–Crippen LogP) is 1.64. The molecule has 0 aliphatic heterocycles. The fourth-order valence-electron chi connectivity index (χ4n) is 1.06. The molecule has 1 rings (SSSR count). The van der Waals surface area contributed by atoms with Crippen molar-refractivity contribution in [1.29, 1.82) is 0 Å². The topological polar surface area (TPSA) is 63.2 Å². The number of thiophene rings is 1. The molecular formula is C9H13NO3S2. The molecule has 1 N–H and O–H groups in total. The zero-order valence-corrected chi connectivity index (χ0v) is 10.4. The first-order valence-corrected chi connectivity index (χ1v) is 6.69. The Hall–Kier alpha value is -0.720. The molecule has 0 fully saturated rings. The third-order valence-electron chi connectivity index (χ3n) is 1.47. The average molecular weight is 247 g/mol. The number of hydrogen-bond acceptors (Lipinski definition) is 4. The quantitative estimate of drug-likeness (QED) is 0.826. The summed E-state index contributed by atoms with van der Waals surface area (Å²) in [7, 11) is -3.58. The minimum Gasteiger partial charge on any atom is -0.298 e. The van der Waals surface area contributed by atoms with Crippen LogP contribution >= 0.6 is 11.3 Å². The number of rotatable bonds is 3. The highest BCUT2D eigenvalue weighted by Gasteiger charge is 2.25. The average Bonchev–Trinajstić information content (AvgIpc) is 2.46. The summed E-state index contributed by atoms with van der Waals surface area (Å²) in [5, 5.41) is 1.58. The molecule has 0 aliphatic rings. The second kappa shape index (κ2) is 4.03. The summed E-state index contributed by atoms with van der Waals surface area (Å²) in [6.45, 7) is 5.25. The zero-order chi connectivity index (χ0) is 11.7. The van der Waals surface area contributed by atoms with Gasteiger partial charge in [0.25, 0.3) is 10.0 Å². The van der Waals surface area contributed by atoms with Crippen LogP contribution in [0.5, 0.6) is 0 Å². The van der Waals surface area contributed by atoms with Gasteiger partial charge in [0, 0.05) is 11.1 Å². The van der Waals surface area contributed by atoms with E-state index in [4.69, 9.17) is 0 Å². The summed E-state index contributed by atoms with van der Waals surface area (Å²) in [4.78, 5) is 10.6. The maximum atomic E-state index is 11.8. The van der Waals surface area contributed by atoms with Gasteiger partial charge in [-0.25, -0.2) is 13.1 Å². The molecule has 1 aromatic heterocycles. The van der Waals surface area contributed by atoms with Crippen LogP contribution in [0.2, 0.25) is 0 Å². The second-order valence-corrected chi connectivity index (χ2v) is 6.93. The summed E-state index contributed by atoms with van der Waals surface area (Å²) in [5.41, 5.74) is -0.347. The Balaban J connectivity index is 3.12. The normalized spacial score (nSPS) is 12.7. The lowest BCUT2D eigenvalue weighted by Crippen LogP contribution is -2.40. The molecule has 15 heavy (non-hydrogen) atoms. The van der Waals surface area contributed by atoms with Crippen molar-refractivity contribution in [2.75, 3.05) is 0 Å². The first kappa shape index (κ1) is 12.4. The zero-order valence-electron chi connectivity index (χ0n) is 8.77. The van der Waals surface area contributed by atoms with E-state index in [1.807, 2.05) is 0 Å². The first-order valence-electron chi connectivity index (χ1n) is 4.33. The van der Waals surface area contributed by atoms with Crippen LogP contribution in [0.3, 0.4) is 0 Å². The number of carbonyl (C=O) groups excluding carboxylic acids is 1. The van der Waals surface area contributed by atoms with Crippen molar-refractivity contribution in [3.63, 3.8) is 0 Å². The Kier molecular flexibility index (Phi) is 3.32. The summed E-state index contributed by atoms with van der Waals surface area (Å²) < 4.78 is 26.2. The van der Waals surface area contributed by atoms with Crippen molar-refractivity contribution < 1.29 is 13.2 Å². The molecule has 0 bridgehead atoms. The third kappa shape index (κ3) is 3.12. The smallest absolute Gasteiger partial charge is 0.251 e. The van der Waals surface area contributed by atoms with Crippen LogP contribution in [0.15, 0.2) is 15.7 Å². The lowest BCUT2D eigenvalue weighted by atomic mass is 10.1.